The Morgan fingerprint density at radius 1 is 1.15 bits per heavy atom. The van der Waals surface area contributed by atoms with E-state index in [2.05, 4.69) is 4.99 Å². The number of hydrogen-bond acceptors (Lipinski definition) is 4. The second kappa shape index (κ2) is 8.80. The second-order valence-corrected chi connectivity index (χ2v) is 6.01. The summed E-state index contributed by atoms with van der Waals surface area (Å²) >= 11 is 0. The van der Waals surface area contributed by atoms with Crippen LogP contribution in [0.15, 0.2) is 53.5 Å². The Balaban J connectivity index is 2.25. The van der Waals surface area contributed by atoms with Crippen molar-refractivity contribution >= 4 is 23.7 Å². The summed E-state index contributed by atoms with van der Waals surface area (Å²) in [6.07, 6.45) is 1.92. The summed E-state index contributed by atoms with van der Waals surface area (Å²) in [6.45, 7) is 2.47. The minimum atomic E-state index is -0.700. The zero-order valence-electron chi connectivity index (χ0n) is 15.1. The number of hydrogen-bond donors (Lipinski definition) is 2. The number of primary amides is 1. The SMILES string of the molecule is CCN(C)C(=O)c1cccc(C=NC(Cc2ccccc2)C(N)=O)c1N. The summed E-state index contributed by atoms with van der Waals surface area (Å²) < 4.78 is 0. The van der Waals surface area contributed by atoms with Crippen LogP contribution in [0.25, 0.3) is 0 Å². The molecule has 0 fully saturated rings. The lowest BCUT2D eigenvalue weighted by molar-refractivity contribution is -0.119. The second-order valence-electron chi connectivity index (χ2n) is 6.01. The first-order valence-electron chi connectivity index (χ1n) is 8.44. The van der Waals surface area contributed by atoms with E-state index in [0.717, 1.165) is 5.56 Å². The normalized spacial score (nSPS) is 12.1. The number of nitrogens with two attached hydrogens (primary N) is 2. The first kappa shape index (κ1) is 19.2. The molecule has 0 radical (unpaired) electrons. The van der Waals surface area contributed by atoms with Gasteiger partial charge in [0.25, 0.3) is 5.91 Å². The van der Waals surface area contributed by atoms with Crippen molar-refractivity contribution in [1.29, 1.82) is 0 Å². The smallest absolute Gasteiger partial charge is 0.255 e. The van der Waals surface area contributed by atoms with Gasteiger partial charge in [-0.1, -0.05) is 42.5 Å². The minimum Gasteiger partial charge on any atom is -0.398 e. The molecule has 1 unspecified atom stereocenters. The van der Waals surface area contributed by atoms with Gasteiger partial charge in [-0.05, 0) is 18.6 Å². The van der Waals surface area contributed by atoms with Gasteiger partial charge in [0.2, 0.25) is 5.91 Å². The van der Waals surface area contributed by atoms with Crippen molar-refractivity contribution in [2.75, 3.05) is 19.3 Å². The first-order valence-corrected chi connectivity index (χ1v) is 8.44. The lowest BCUT2D eigenvalue weighted by Gasteiger charge is -2.16. The molecule has 0 bridgehead atoms. The fourth-order valence-electron chi connectivity index (χ4n) is 2.47. The number of rotatable bonds is 7. The van der Waals surface area contributed by atoms with Crippen LogP contribution in [-0.4, -0.2) is 42.6 Å². The number of benzene rings is 2. The van der Waals surface area contributed by atoms with Crippen molar-refractivity contribution < 1.29 is 9.59 Å². The molecule has 0 aromatic heterocycles. The van der Waals surface area contributed by atoms with Gasteiger partial charge in [-0.2, -0.15) is 0 Å². The average Bonchev–Trinajstić information content (AvgIpc) is 2.65. The molecule has 0 heterocycles. The molecule has 0 aliphatic rings. The molecule has 26 heavy (non-hydrogen) atoms. The standard InChI is InChI=1S/C20H24N4O2/c1-3-24(2)20(26)16-11-7-10-15(18(16)21)13-23-17(19(22)25)12-14-8-5-4-6-9-14/h4-11,13,17H,3,12,21H2,1-2H3,(H2,22,25). The van der Waals surface area contributed by atoms with E-state index >= 15 is 0 Å². The molecule has 2 rings (SSSR count). The van der Waals surface area contributed by atoms with E-state index in [0.29, 0.717) is 29.8 Å². The van der Waals surface area contributed by atoms with Crippen LogP contribution in [0.4, 0.5) is 5.69 Å². The molecule has 136 valence electrons. The Morgan fingerprint density at radius 2 is 1.85 bits per heavy atom. The fourth-order valence-corrected chi connectivity index (χ4v) is 2.47. The number of nitrogens with zero attached hydrogens (tertiary/aromatic N) is 2. The molecule has 2 aromatic rings. The summed E-state index contributed by atoms with van der Waals surface area (Å²) in [5.41, 5.74) is 13.9. The largest absolute Gasteiger partial charge is 0.398 e. The Kier molecular flexibility index (Phi) is 6.49. The third-order valence-corrected chi connectivity index (χ3v) is 4.19. The van der Waals surface area contributed by atoms with Gasteiger partial charge in [0.15, 0.2) is 0 Å². The van der Waals surface area contributed by atoms with Crippen LogP contribution in [0.1, 0.15) is 28.4 Å². The highest BCUT2D eigenvalue weighted by atomic mass is 16.2. The molecule has 0 saturated carbocycles. The predicted molar refractivity (Wildman–Crippen MR) is 104 cm³/mol. The molecule has 0 spiro atoms. The van der Waals surface area contributed by atoms with Crippen LogP contribution < -0.4 is 11.5 Å². The Hall–Kier alpha value is -3.15. The highest BCUT2D eigenvalue weighted by Gasteiger charge is 2.16. The topological polar surface area (TPSA) is 102 Å². The summed E-state index contributed by atoms with van der Waals surface area (Å²) in [5.74, 6) is -0.669. The van der Waals surface area contributed by atoms with Gasteiger partial charge in [0, 0.05) is 31.8 Å². The Labute approximate surface area is 153 Å². The fraction of sp³-hybridized carbons (Fsp3) is 0.250. The number of carbonyl (C=O) groups excluding carboxylic acids is 2. The van der Waals surface area contributed by atoms with Crippen molar-refractivity contribution in [3.8, 4) is 0 Å². The number of para-hydroxylation sites is 1. The van der Waals surface area contributed by atoms with Gasteiger partial charge in [-0.15, -0.1) is 0 Å². The first-order chi connectivity index (χ1) is 12.4. The van der Waals surface area contributed by atoms with E-state index in [1.807, 2.05) is 37.3 Å². The third-order valence-electron chi connectivity index (χ3n) is 4.19. The highest BCUT2D eigenvalue weighted by Crippen LogP contribution is 2.18. The van der Waals surface area contributed by atoms with Gasteiger partial charge < -0.3 is 16.4 Å². The Bertz CT molecular complexity index is 803. The van der Waals surface area contributed by atoms with Crippen molar-refractivity contribution in [2.45, 2.75) is 19.4 Å². The maximum atomic E-state index is 12.4. The molecular formula is C20H24N4O2. The molecular weight excluding hydrogens is 328 g/mol. The summed E-state index contributed by atoms with van der Waals surface area (Å²) in [7, 11) is 1.71. The number of anilines is 1. The summed E-state index contributed by atoms with van der Waals surface area (Å²) in [5, 5.41) is 0. The lowest BCUT2D eigenvalue weighted by Crippen LogP contribution is -2.29. The average molecular weight is 352 g/mol. The number of carbonyl (C=O) groups is 2. The van der Waals surface area contributed by atoms with E-state index in [1.54, 1.807) is 30.1 Å². The van der Waals surface area contributed by atoms with Gasteiger partial charge in [-0.3, -0.25) is 14.6 Å². The molecule has 0 saturated heterocycles. The summed E-state index contributed by atoms with van der Waals surface area (Å²) in [4.78, 5) is 30.0. The number of amides is 2. The third kappa shape index (κ3) is 4.69. The van der Waals surface area contributed by atoms with Crippen LogP contribution in [-0.2, 0) is 11.2 Å². The number of aliphatic imine (C=N–C) groups is 1. The molecule has 6 heteroatoms. The molecule has 4 N–H and O–H groups in total. The van der Waals surface area contributed by atoms with E-state index in [-0.39, 0.29) is 5.91 Å². The van der Waals surface area contributed by atoms with Crippen LogP contribution in [0.5, 0.6) is 0 Å². The van der Waals surface area contributed by atoms with E-state index in [1.165, 1.54) is 6.21 Å². The van der Waals surface area contributed by atoms with Crippen molar-refractivity contribution in [3.63, 3.8) is 0 Å². The van der Waals surface area contributed by atoms with Gasteiger partial charge in [-0.25, -0.2) is 0 Å². The zero-order valence-corrected chi connectivity index (χ0v) is 15.1. The van der Waals surface area contributed by atoms with Gasteiger partial charge >= 0.3 is 0 Å². The highest BCUT2D eigenvalue weighted by molar-refractivity contribution is 6.03. The Morgan fingerprint density at radius 3 is 2.46 bits per heavy atom. The molecule has 0 aliphatic heterocycles. The van der Waals surface area contributed by atoms with Crippen LogP contribution in [0, 0.1) is 0 Å². The van der Waals surface area contributed by atoms with Crippen molar-refractivity contribution in [2.24, 2.45) is 10.7 Å². The maximum Gasteiger partial charge on any atom is 0.255 e. The molecule has 1 atom stereocenters. The van der Waals surface area contributed by atoms with E-state index in [9.17, 15) is 9.59 Å². The zero-order chi connectivity index (χ0) is 19.1. The van der Waals surface area contributed by atoms with Crippen LogP contribution in [0.2, 0.25) is 0 Å². The minimum absolute atomic E-state index is 0.156. The van der Waals surface area contributed by atoms with Crippen molar-refractivity contribution in [3.05, 3.63) is 65.2 Å². The van der Waals surface area contributed by atoms with Crippen LogP contribution >= 0.6 is 0 Å². The molecule has 2 amide bonds. The summed E-state index contributed by atoms with van der Waals surface area (Å²) in [6, 6.07) is 14.0. The predicted octanol–water partition coefficient (Wildman–Crippen LogP) is 1.88. The number of nitrogen functional groups attached to an aromatic ring is 1. The van der Waals surface area contributed by atoms with Crippen molar-refractivity contribution in [1.82, 2.24) is 4.90 Å². The monoisotopic (exact) mass is 352 g/mol. The van der Waals surface area contributed by atoms with Gasteiger partial charge in [0.1, 0.15) is 6.04 Å². The van der Waals surface area contributed by atoms with E-state index < -0.39 is 11.9 Å². The van der Waals surface area contributed by atoms with Crippen LogP contribution in [0.3, 0.4) is 0 Å². The lowest BCUT2D eigenvalue weighted by atomic mass is 10.0. The van der Waals surface area contributed by atoms with E-state index in [4.69, 9.17) is 11.5 Å². The molecule has 0 aliphatic carbocycles. The van der Waals surface area contributed by atoms with Gasteiger partial charge in [0.05, 0.1) is 11.3 Å². The molecule has 6 nitrogen and oxygen atoms in total. The quantitative estimate of drug-likeness (QED) is 0.587. The molecule has 2 aromatic carbocycles. The maximum absolute atomic E-state index is 12.4.